The summed E-state index contributed by atoms with van der Waals surface area (Å²) in [4.78, 5) is 19.2. The van der Waals surface area contributed by atoms with E-state index >= 15 is 0 Å². The standard InChI is InChI=1S/C26H38N2OS3/c1-6-8-10-11-17-32-24(21-15-13-20(14-16-21)12-9-7-2)25(29)28-23-22(30-4)18-19(3)27-26(23)31-5/h13-16,18,24H,6-12,17H2,1-5H3,(H,28,29). The van der Waals surface area contributed by atoms with E-state index < -0.39 is 0 Å². The van der Waals surface area contributed by atoms with E-state index in [1.54, 1.807) is 35.3 Å². The predicted octanol–water partition coefficient (Wildman–Crippen LogP) is 8.17. The molecule has 0 saturated heterocycles. The van der Waals surface area contributed by atoms with Crippen molar-refractivity contribution in [1.82, 2.24) is 4.98 Å². The molecule has 2 rings (SSSR count). The summed E-state index contributed by atoms with van der Waals surface area (Å²) < 4.78 is 0. The van der Waals surface area contributed by atoms with Gasteiger partial charge < -0.3 is 5.32 Å². The summed E-state index contributed by atoms with van der Waals surface area (Å²) in [6.07, 6.45) is 12.4. The number of rotatable bonds is 14. The first kappa shape index (κ1) is 27.1. The summed E-state index contributed by atoms with van der Waals surface area (Å²) in [5.74, 6) is 1.04. The number of hydrogen-bond donors (Lipinski definition) is 1. The van der Waals surface area contributed by atoms with E-state index in [0.717, 1.165) is 45.5 Å². The Balaban J connectivity index is 2.24. The second-order valence-electron chi connectivity index (χ2n) is 8.00. The summed E-state index contributed by atoms with van der Waals surface area (Å²) in [6.45, 7) is 6.45. The van der Waals surface area contributed by atoms with Gasteiger partial charge in [-0.15, -0.1) is 35.3 Å². The number of amides is 1. The molecule has 0 aliphatic heterocycles. The van der Waals surface area contributed by atoms with Gasteiger partial charge >= 0.3 is 0 Å². The number of carbonyl (C=O) groups excluding carboxylic acids is 1. The number of unbranched alkanes of at least 4 members (excludes halogenated alkanes) is 4. The molecule has 0 fully saturated rings. The normalized spacial score (nSPS) is 12.0. The molecule has 1 N–H and O–H groups in total. The second-order valence-corrected chi connectivity index (χ2v) is 10.9. The maximum Gasteiger partial charge on any atom is 0.242 e. The second kappa shape index (κ2) is 14.9. The van der Waals surface area contributed by atoms with Crippen LogP contribution >= 0.6 is 35.3 Å². The third-order valence-corrected chi connectivity index (χ3v) is 8.15. The van der Waals surface area contributed by atoms with E-state index in [2.05, 4.69) is 54.5 Å². The van der Waals surface area contributed by atoms with E-state index in [1.165, 1.54) is 37.7 Å². The molecule has 1 unspecified atom stereocenters. The van der Waals surface area contributed by atoms with Gasteiger partial charge in [-0.3, -0.25) is 4.79 Å². The minimum atomic E-state index is -0.220. The van der Waals surface area contributed by atoms with Gasteiger partial charge in [0.1, 0.15) is 10.3 Å². The molecule has 2 aromatic rings. The lowest BCUT2D eigenvalue weighted by molar-refractivity contribution is -0.115. The molecule has 0 bridgehead atoms. The Labute approximate surface area is 207 Å². The minimum absolute atomic E-state index is 0.0445. The highest BCUT2D eigenvalue weighted by atomic mass is 32.2. The highest BCUT2D eigenvalue weighted by Gasteiger charge is 2.24. The molecular weight excluding hydrogens is 453 g/mol. The zero-order chi connectivity index (χ0) is 23.3. The van der Waals surface area contributed by atoms with Crippen LogP contribution in [-0.2, 0) is 11.2 Å². The van der Waals surface area contributed by atoms with Gasteiger partial charge in [0.15, 0.2) is 0 Å². The summed E-state index contributed by atoms with van der Waals surface area (Å²) >= 11 is 4.99. The van der Waals surface area contributed by atoms with Gasteiger partial charge in [0.05, 0.1) is 5.69 Å². The number of anilines is 1. The van der Waals surface area contributed by atoms with Crippen LogP contribution in [0.15, 0.2) is 40.3 Å². The largest absolute Gasteiger partial charge is 0.322 e. The summed E-state index contributed by atoms with van der Waals surface area (Å²) in [7, 11) is 0. The number of benzene rings is 1. The van der Waals surface area contributed by atoms with Crippen LogP contribution in [0.4, 0.5) is 5.69 Å². The van der Waals surface area contributed by atoms with Crippen LogP contribution in [-0.4, -0.2) is 29.2 Å². The molecule has 6 heteroatoms. The number of aromatic nitrogens is 1. The molecule has 1 heterocycles. The minimum Gasteiger partial charge on any atom is -0.322 e. The van der Waals surface area contributed by atoms with E-state index in [-0.39, 0.29) is 11.2 Å². The molecule has 1 aromatic carbocycles. The van der Waals surface area contributed by atoms with Crippen molar-refractivity contribution in [2.24, 2.45) is 0 Å². The van der Waals surface area contributed by atoms with Crippen molar-refractivity contribution >= 4 is 46.9 Å². The molecule has 32 heavy (non-hydrogen) atoms. The lowest BCUT2D eigenvalue weighted by atomic mass is 10.0. The fraction of sp³-hybridized carbons (Fsp3) is 0.538. The number of thioether (sulfide) groups is 3. The van der Waals surface area contributed by atoms with E-state index in [0.29, 0.717) is 0 Å². The fourth-order valence-electron chi connectivity index (χ4n) is 3.52. The van der Waals surface area contributed by atoms with Gasteiger partial charge in [-0.05, 0) is 61.6 Å². The molecule has 0 aliphatic carbocycles. The van der Waals surface area contributed by atoms with Crippen LogP contribution in [0.25, 0.3) is 0 Å². The van der Waals surface area contributed by atoms with Gasteiger partial charge in [-0.2, -0.15) is 0 Å². The Kier molecular flexibility index (Phi) is 12.7. The Morgan fingerprint density at radius 2 is 1.72 bits per heavy atom. The number of pyridine rings is 1. The van der Waals surface area contributed by atoms with Crippen molar-refractivity contribution in [2.45, 2.75) is 80.9 Å². The van der Waals surface area contributed by atoms with Gasteiger partial charge in [0, 0.05) is 10.6 Å². The van der Waals surface area contributed by atoms with E-state index in [9.17, 15) is 4.79 Å². The van der Waals surface area contributed by atoms with Gasteiger partial charge in [0.25, 0.3) is 0 Å². The van der Waals surface area contributed by atoms with Crippen molar-refractivity contribution in [3.05, 3.63) is 47.2 Å². The van der Waals surface area contributed by atoms with Crippen molar-refractivity contribution in [3.8, 4) is 0 Å². The maximum absolute atomic E-state index is 13.5. The Morgan fingerprint density at radius 1 is 1.00 bits per heavy atom. The summed E-state index contributed by atoms with van der Waals surface area (Å²) in [5.41, 5.74) is 4.25. The molecule has 0 saturated carbocycles. The van der Waals surface area contributed by atoms with Gasteiger partial charge in [-0.25, -0.2) is 4.98 Å². The van der Waals surface area contributed by atoms with Crippen LogP contribution in [0.2, 0.25) is 0 Å². The number of nitrogens with zero attached hydrogens (tertiary/aromatic N) is 1. The molecule has 1 amide bonds. The first-order valence-corrected chi connectivity index (χ1v) is 15.1. The fourth-order valence-corrected chi connectivity index (χ4v) is 5.99. The zero-order valence-corrected chi connectivity index (χ0v) is 22.7. The molecule has 1 aromatic heterocycles. The molecule has 1 atom stereocenters. The SMILES string of the molecule is CCCCCCSC(C(=O)Nc1c(SC)cc(C)nc1SC)c1ccc(CCCC)cc1. The quantitative estimate of drug-likeness (QED) is 0.214. The molecule has 0 spiro atoms. The smallest absolute Gasteiger partial charge is 0.242 e. The number of carbonyl (C=O) groups is 1. The topological polar surface area (TPSA) is 42.0 Å². The van der Waals surface area contributed by atoms with E-state index in [1.807, 2.05) is 19.4 Å². The summed E-state index contributed by atoms with van der Waals surface area (Å²) in [6, 6.07) is 10.7. The number of hydrogen-bond acceptors (Lipinski definition) is 5. The van der Waals surface area contributed by atoms with Gasteiger partial charge in [-0.1, -0.05) is 63.8 Å². The van der Waals surface area contributed by atoms with Gasteiger partial charge in [0.2, 0.25) is 5.91 Å². The average Bonchev–Trinajstić information content (AvgIpc) is 2.81. The molecule has 176 valence electrons. The summed E-state index contributed by atoms with van der Waals surface area (Å²) in [5, 5.41) is 3.90. The van der Waals surface area contributed by atoms with Crippen LogP contribution in [0, 0.1) is 6.92 Å². The van der Waals surface area contributed by atoms with Crippen LogP contribution < -0.4 is 5.32 Å². The maximum atomic E-state index is 13.5. The van der Waals surface area contributed by atoms with Crippen molar-refractivity contribution in [2.75, 3.05) is 23.6 Å². The molecule has 0 radical (unpaired) electrons. The third kappa shape index (κ3) is 8.35. The number of aryl methyl sites for hydroxylation is 2. The monoisotopic (exact) mass is 490 g/mol. The zero-order valence-electron chi connectivity index (χ0n) is 20.2. The molecular formula is C26H38N2OS3. The predicted molar refractivity (Wildman–Crippen MR) is 146 cm³/mol. The Bertz CT molecular complexity index is 814. The third-order valence-electron chi connectivity index (χ3n) is 5.36. The van der Waals surface area contributed by atoms with Crippen LogP contribution in [0.1, 0.15) is 74.4 Å². The van der Waals surface area contributed by atoms with Crippen LogP contribution in [0.3, 0.4) is 0 Å². The lowest BCUT2D eigenvalue weighted by Gasteiger charge is -2.20. The first-order chi connectivity index (χ1) is 15.5. The molecule has 3 nitrogen and oxygen atoms in total. The highest BCUT2D eigenvalue weighted by molar-refractivity contribution is 8.00. The Hall–Kier alpha value is -1.11. The van der Waals surface area contributed by atoms with Crippen molar-refractivity contribution < 1.29 is 4.79 Å². The van der Waals surface area contributed by atoms with Crippen molar-refractivity contribution in [3.63, 3.8) is 0 Å². The lowest BCUT2D eigenvalue weighted by Crippen LogP contribution is -2.20. The first-order valence-electron chi connectivity index (χ1n) is 11.6. The van der Waals surface area contributed by atoms with E-state index in [4.69, 9.17) is 0 Å². The average molecular weight is 491 g/mol. The van der Waals surface area contributed by atoms with Crippen molar-refractivity contribution in [1.29, 1.82) is 0 Å². The van der Waals surface area contributed by atoms with Crippen LogP contribution in [0.5, 0.6) is 0 Å². The number of nitrogens with one attached hydrogen (secondary N) is 1. The highest BCUT2D eigenvalue weighted by Crippen LogP contribution is 2.37. The molecule has 0 aliphatic rings. The Morgan fingerprint density at radius 3 is 2.34 bits per heavy atom.